The van der Waals surface area contributed by atoms with Gasteiger partial charge in [-0.1, -0.05) is 20.4 Å². The second kappa shape index (κ2) is 7.86. The van der Waals surface area contributed by atoms with Crippen molar-refractivity contribution in [1.29, 1.82) is 0 Å². The van der Waals surface area contributed by atoms with Crippen molar-refractivity contribution < 1.29 is 4.74 Å². The van der Waals surface area contributed by atoms with Crippen LogP contribution in [0.2, 0.25) is 0 Å². The molecule has 0 atom stereocenters. The van der Waals surface area contributed by atoms with Gasteiger partial charge in [-0.05, 0) is 50.1 Å². The first-order valence-electron chi connectivity index (χ1n) is 6.71. The Labute approximate surface area is 100 Å². The minimum atomic E-state index is 0.485. The van der Waals surface area contributed by atoms with Crippen molar-refractivity contribution in [3.63, 3.8) is 0 Å². The molecule has 0 radical (unpaired) electrons. The van der Waals surface area contributed by atoms with Crippen molar-refractivity contribution in [1.82, 2.24) is 5.32 Å². The fourth-order valence-corrected chi connectivity index (χ4v) is 2.12. The van der Waals surface area contributed by atoms with Crippen LogP contribution in [0.15, 0.2) is 12.2 Å². The molecule has 1 aliphatic carbocycles. The lowest BCUT2D eigenvalue weighted by atomic mass is 9.89. The molecule has 0 unspecified atom stereocenters. The molecule has 0 spiro atoms. The summed E-state index contributed by atoms with van der Waals surface area (Å²) in [6.07, 6.45) is 6.78. The molecule has 0 aromatic rings. The Morgan fingerprint density at radius 2 is 2.00 bits per heavy atom. The molecule has 0 amide bonds. The largest absolute Gasteiger partial charge is 0.374 e. The molecule has 2 nitrogen and oxygen atoms in total. The predicted octanol–water partition coefficient (Wildman–Crippen LogP) is 3.14. The number of hydrogen-bond donors (Lipinski definition) is 1. The molecule has 0 aromatic heterocycles. The summed E-state index contributed by atoms with van der Waals surface area (Å²) in [4.78, 5) is 0. The van der Waals surface area contributed by atoms with Gasteiger partial charge in [0.25, 0.3) is 0 Å². The van der Waals surface area contributed by atoms with E-state index < -0.39 is 0 Å². The average molecular weight is 225 g/mol. The minimum Gasteiger partial charge on any atom is -0.374 e. The molecule has 0 heterocycles. The third-order valence-corrected chi connectivity index (χ3v) is 3.29. The van der Waals surface area contributed by atoms with Crippen molar-refractivity contribution in [2.24, 2.45) is 5.92 Å². The topological polar surface area (TPSA) is 21.3 Å². The van der Waals surface area contributed by atoms with Crippen LogP contribution < -0.4 is 5.32 Å². The summed E-state index contributed by atoms with van der Waals surface area (Å²) in [6.45, 7) is 11.3. The standard InChI is InChI=1S/C14H27NO/c1-4-9-15-10-13(3)11-16-14-7-5-12(2)6-8-14/h12,14-15H,3-11H2,1-2H3. The van der Waals surface area contributed by atoms with Gasteiger partial charge in [-0.15, -0.1) is 0 Å². The Morgan fingerprint density at radius 1 is 1.31 bits per heavy atom. The first kappa shape index (κ1) is 13.7. The number of nitrogens with one attached hydrogen (secondary N) is 1. The van der Waals surface area contributed by atoms with Gasteiger partial charge in [-0.2, -0.15) is 0 Å². The van der Waals surface area contributed by atoms with Crippen LogP contribution in [0.1, 0.15) is 46.0 Å². The molecule has 0 bridgehead atoms. The van der Waals surface area contributed by atoms with Gasteiger partial charge in [0.15, 0.2) is 0 Å². The van der Waals surface area contributed by atoms with E-state index >= 15 is 0 Å². The molecule has 0 saturated heterocycles. The maximum Gasteiger partial charge on any atom is 0.0690 e. The zero-order chi connectivity index (χ0) is 11.8. The number of hydrogen-bond acceptors (Lipinski definition) is 2. The molecular formula is C14H27NO. The summed E-state index contributed by atoms with van der Waals surface area (Å²) >= 11 is 0. The Bertz CT molecular complexity index is 195. The van der Waals surface area contributed by atoms with Gasteiger partial charge in [0.2, 0.25) is 0 Å². The van der Waals surface area contributed by atoms with Crippen LogP contribution in [0.25, 0.3) is 0 Å². The Hall–Kier alpha value is -0.340. The van der Waals surface area contributed by atoms with Gasteiger partial charge in [-0.25, -0.2) is 0 Å². The zero-order valence-electron chi connectivity index (χ0n) is 10.9. The highest BCUT2D eigenvalue weighted by Gasteiger charge is 2.18. The quantitative estimate of drug-likeness (QED) is 0.531. The second-order valence-corrected chi connectivity index (χ2v) is 5.12. The van der Waals surface area contributed by atoms with Gasteiger partial charge in [-0.3, -0.25) is 0 Å². The lowest BCUT2D eigenvalue weighted by Crippen LogP contribution is -2.24. The van der Waals surface area contributed by atoms with Gasteiger partial charge in [0.05, 0.1) is 12.7 Å². The van der Waals surface area contributed by atoms with Crippen molar-refractivity contribution in [2.45, 2.75) is 52.1 Å². The van der Waals surface area contributed by atoms with Crippen LogP contribution in [-0.2, 0) is 4.74 Å². The van der Waals surface area contributed by atoms with Crippen LogP contribution in [-0.4, -0.2) is 25.8 Å². The van der Waals surface area contributed by atoms with Gasteiger partial charge >= 0.3 is 0 Å². The van der Waals surface area contributed by atoms with Gasteiger partial charge in [0, 0.05) is 6.54 Å². The van der Waals surface area contributed by atoms with Crippen LogP contribution in [0.5, 0.6) is 0 Å². The van der Waals surface area contributed by atoms with Crippen LogP contribution in [0.3, 0.4) is 0 Å². The summed E-state index contributed by atoms with van der Waals surface area (Å²) in [7, 11) is 0. The van der Waals surface area contributed by atoms with Gasteiger partial charge < -0.3 is 10.1 Å². The minimum absolute atomic E-state index is 0.485. The van der Waals surface area contributed by atoms with Crippen LogP contribution in [0, 0.1) is 5.92 Å². The first-order valence-corrected chi connectivity index (χ1v) is 6.71. The third kappa shape index (κ3) is 5.66. The lowest BCUT2D eigenvalue weighted by Gasteiger charge is -2.26. The molecule has 16 heavy (non-hydrogen) atoms. The normalized spacial score (nSPS) is 25.6. The van der Waals surface area contributed by atoms with E-state index in [1.54, 1.807) is 0 Å². The molecule has 1 fully saturated rings. The average Bonchev–Trinajstić information content (AvgIpc) is 2.29. The maximum absolute atomic E-state index is 5.88. The van der Waals surface area contributed by atoms with E-state index in [0.29, 0.717) is 6.10 Å². The van der Waals surface area contributed by atoms with Crippen LogP contribution in [0.4, 0.5) is 0 Å². The SMILES string of the molecule is C=C(CNCCC)COC1CCC(C)CC1. The summed E-state index contributed by atoms with van der Waals surface area (Å²) < 4.78 is 5.88. The van der Waals surface area contributed by atoms with E-state index in [2.05, 4.69) is 25.7 Å². The summed E-state index contributed by atoms with van der Waals surface area (Å²) in [5.41, 5.74) is 1.17. The first-order chi connectivity index (χ1) is 7.72. The van der Waals surface area contributed by atoms with E-state index in [-0.39, 0.29) is 0 Å². The maximum atomic E-state index is 5.88. The van der Waals surface area contributed by atoms with Crippen molar-refractivity contribution in [3.8, 4) is 0 Å². The Kier molecular flexibility index (Phi) is 6.74. The van der Waals surface area contributed by atoms with Crippen molar-refractivity contribution in [3.05, 3.63) is 12.2 Å². The smallest absolute Gasteiger partial charge is 0.0690 e. The molecule has 1 saturated carbocycles. The molecule has 2 heteroatoms. The van der Waals surface area contributed by atoms with E-state index in [9.17, 15) is 0 Å². The van der Waals surface area contributed by atoms with Crippen LogP contribution >= 0.6 is 0 Å². The molecule has 1 N–H and O–H groups in total. The molecule has 1 rings (SSSR count). The number of rotatable bonds is 7. The van der Waals surface area contributed by atoms with E-state index in [1.807, 2.05) is 0 Å². The molecule has 0 aromatic carbocycles. The molecular weight excluding hydrogens is 198 g/mol. The van der Waals surface area contributed by atoms with E-state index in [0.717, 1.165) is 25.6 Å². The monoisotopic (exact) mass is 225 g/mol. The van der Waals surface area contributed by atoms with E-state index in [4.69, 9.17) is 4.74 Å². The highest BCUT2D eigenvalue weighted by molar-refractivity contribution is 4.97. The van der Waals surface area contributed by atoms with Crippen molar-refractivity contribution >= 4 is 0 Å². The molecule has 1 aliphatic rings. The van der Waals surface area contributed by atoms with Gasteiger partial charge in [0.1, 0.15) is 0 Å². The Balaban J connectivity index is 2.03. The lowest BCUT2D eigenvalue weighted by molar-refractivity contribution is 0.0326. The Morgan fingerprint density at radius 3 is 2.62 bits per heavy atom. The fourth-order valence-electron chi connectivity index (χ4n) is 2.12. The highest BCUT2D eigenvalue weighted by atomic mass is 16.5. The van der Waals surface area contributed by atoms with E-state index in [1.165, 1.54) is 37.7 Å². The summed E-state index contributed by atoms with van der Waals surface area (Å²) in [5, 5.41) is 3.35. The summed E-state index contributed by atoms with van der Waals surface area (Å²) in [5.74, 6) is 0.897. The van der Waals surface area contributed by atoms with Crippen molar-refractivity contribution in [2.75, 3.05) is 19.7 Å². The summed E-state index contributed by atoms with van der Waals surface area (Å²) in [6, 6.07) is 0. The second-order valence-electron chi connectivity index (χ2n) is 5.12. The molecule has 0 aliphatic heterocycles. The fraction of sp³-hybridized carbons (Fsp3) is 0.857. The highest BCUT2D eigenvalue weighted by Crippen LogP contribution is 2.25. The zero-order valence-corrected chi connectivity index (χ0v) is 10.9. The number of ether oxygens (including phenoxy) is 1. The molecule has 94 valence electrons. The third-order valence-electron chi connectivity index (χ3n) is 3.29. The predicted molar refractivity (Wildman–Crippen MR) is 69.7 cm³/mol.